The van der Waals surface area contributed by atoms with Gasteiger partial charge in [-0.3, -0.25) is 0 Å². The van der Waals surface area contributed by atoms with E-state index in [1.54, 1.807) is 0 Å². The number of fused-ring (bicyclic) bond motifs is 4. The molecule has 0 saturated heterocycles. The number of nitrogens with zero attached hydrogens (tertiary/aromatic N) is 2. The van der Waals surface area contributed by atoms with Crippen LogP contribution < -0.4 is 25.9 Å². The Kier molecular flexibility index (Phi) is 10.3. The summed E-state index contributed by atoms with van der Waals surface area (Å²) >= 11 is 0. The molecule has 0 atom stereocenters. The van der Waals surface area contributed by atoms with Crippen LogP contribution in [0.1, 0.15) is 22.3 Å². The molecule has 6 heteroatoms. The molecule has 0 unspecified atom stereocenters. The molecule has 0 bridgehead atoms. The molecule has 1 radical (unpaired) electrons. The molecule has 273 valence electrons. The number of para-hydroxylation sites is 2. The molecule has 6 aromatic carbocycles. The molecule has 4 heterocycles. The standard InChI is InChI=1S/C30H19BNO2.C20H18N.Ir/c1-19-18-32-25(17-22(19)20-9-3-2-4-10-20)21-15-16-28-29-30(21)34-27-14-8-6-12-24(27)31(29)23-11-5-7-13-26(23)33-28;1-14-9-10-18(20-11-15(2)16(3)13-21-20)12-19(14)17-7-5-4-6-8-17;/h2-14,16-18H,1H3;4-9,11-13H,1-3H3;/q2*-1;. The van der Waals surface area contributed by atoms with Gasteiger partial charge in [0.1, 0.15) is 11.5 Å². The van der Waals surface area contributed by atoms with Crippen LogP contribution in [0.25, 0.3) is 44.8 Å². The quantitative estimate of drug-likeness (QED) is 0.130. The predicted molar refractivity (Wildman–Crippen MR) is 225 cm³/mol. The number of hydrogen-bond donors (Lipinski definition) is 0. The van der Waals surface area contributed by atoms with E-state index in [9.17, 15) is 0 Å². The molecule has 8 aromatic rings. The van der Waals surface area contributed by atoms with Gasteiger partial charge in [-0.15, -0.1) is 41.5 Å². The number of benzene rings is 6. The van der Waals surface area contributed by atoms with Gasteiger partial charge in [-0.05, 0) is 83.0 Å². The minimum Gasteiger partial charge on any atom is -0.503 e. The Bertz CT molecular complexity index is 2710. The summed E-state index contributed by atoms with van der Waals surface area (Å²) < 4.78 is 12.9. The number of aromatic nitrogens is 2. The van der Waals surface area contributed by atoms with Crippen molar-refractivity contribution in [2.75, 3.05) is 0 Å². The largest absolute Gasteiger partial charge is 0.503 e. The van der Waals surface area contributed by atoms with Gasteiger partial charge < -0.3 is 19.4 Å². The number of aryl methyl sites for hydroxylation is 4. The maximum atomic E-state index is 6.55. The zero-order valence-electron chi connectivity index (χ0n) is 31.6. The van der Waals surface area contributed by atoms with Crippen LogP contribution in [0.5, 0.6) is 23.0 Å². The number of pyridine rings is 2. The second-order valence-electron chi connectivity index (χ2n) is 14.2. The Hall–Kier alpha value is -6.07. The first kappa shape index (κ1) is 36.9. The summed E-state index contributed by atoms with van der Waals surface area (Å²) in [6.45, 7) is 8.45. The van der Waals surface area contributed by atoms with Crippen LogP contribution in [-0.4, -0.2) is 16.7 Å². The van der Waals surface area contributed by atoms with Crippen molar-refractivity contribution < 1.29 is 29.6 Å². The third-order valence-corrected chi connectivity index (χ3v) is 10.6. The number of ether oxygens (including phenoxy) is 2. The fourth-order valence-corrected chi connectivity index (χ4v) is 7.51. The fourth-order valence-electron chi connectivity index (χ4n) is 7.51. The topological polar surface area (TPSA) is 44.2 Å². The molecule has 0 amide bonds. The van der Waals surface area contributed by atoms with Gasteiger partial charge in [-0.25, -0.2) is 0 Å². The molecule has 0 saturated carbocycles. The van der Waals surface area contributed by atoms with Crippen LogP contribution in [0.3, 0.4) is 0 Å². The molecule has 56 heavy (non-hydrogen) atoms. The molecule has 2 aromatic heterocycles. The average molecular weight is 901 g/mol. The Morgan fingerprint density at radius 3 is 1.73 bits per heavy atom. The predicted octanol–water partition coefficient (Wildman–Crippen LogP) is 10.4. The first-order chi connectivity index (χ1) is 26.9. The summed E-state index contributed by atoms with van der Waals surface area (Å²) in [6.07, 6.45) is 3.86. The third-order valence-electron chi connectivity index (χ3n) is 10.6. The molecule has 0 N–H and O–H groups in total. The van der Waals surface area contributed by atoms with Crippen molar-refractivity contribution in [3.8, 4) is 67.8 Å². The Balaban J connectivity index is 0.000000173. The van der Waals surface area contributed by atoms with Gasteiger partial charge in [0.15, 0.2) is 0 Å². The van der Waals surface area contributed by atoms with Crippen LogP contribution in [0.15, 0.2) is 152 Å². The van der Waals surface area contributed by atoms with Gasteiger partial charge in [0.2, 0.25) is 6.71 Å². The fraction of sp³-hybridized carbons (Fsp3) is 0.0800. The van der Waals surface area contributed by atoms with E-state index in [-0.39, 0.29) is 26.8 Å². The molecular formula is C50H37BIrN2O2-2. The molecule has 0 spiro atoms. The zero-order chi connectivity index (χ0) is 37.5. The van der Waals surface area contributed by atoms with Crippen molar-refractivity contribution in [2.24, 2.45) is 0 Å². The van der Waals surface area contributed by atoms with Gasteiger partial charge in [0, 0.05) is 44.0 Å². The maximum absolute atomic E-state index is 6.55. The minimum atomic E-state index is 0. The van der Waals surface area contributed by atoms with Crippen molar-refractivity contribution >= 4 is 23.1 Å². The van der Waals surface area contributed by atoms with E-state index in [4.69, 9.17) is 14.5 Å². The molecule has 0 fully saturated rings. The number of hydrogen-bond acceptors (Lipinski definition) is 4. The van der Waals surface area contributed by atoms with Crippen LogP contribution in [0.2, 0.25) is 0 Å². The molecular weight excluding hydrogens is 864 g/mol. The second-order valence-corrected chi connectivity index (χ2v) is 14.2. The average Bonchev–Trinajstić information content (AvgIpc) is 3.23. The Morgan fingerprint density at radius 1 is 0.500 bits per heavy atom. The minimum absolute atomic E-state index is 0. The summed E-state index contributed by atoms with van der Waals surface area (Å²) in [5, 5.41) is 0. The van der Waals surface area contributed by atoms with E-state index >= 15 is 0 Å². The van der Waals surface area contributed by atoms with E-state index in [2.05, 4.69) is 142 Å². The van der Waals surface area contributed by atoms with Crippen LogP contribution in [0, 0.1) is 39.8 Å². The van der Waals surface area contributed by atoms with Gasteiger partial charge in [0.25, 0.3) is 0 Å². The molecule has 0 aliphatic carbocycles. The zero-order valence-corrected chi connectivity index (χ0v) is 34.0. The van der Waals surface area contributed by atoms with Crippen molar-refractivity contribution in [3.05, 3.63) is 186 Å². The van der Waals surface area contributed by atoms with Gasteiger partial charge >= 0.3 is 0 Å². The van der Waals surface area contributed by atoms with E-state index in [0.29, 0.717) is 0 Å². The van der Waals surface area contributed by atoms with Crippen LogP contribution in [0.4, 0.5) is 0 Å². The second kappa shape index (κ2) is 15.6. The molecule has 10 rings (SSSR count). The smallest absolute Gasteiger partial charge is 0.239 e. The normalized spacial score (nSPS) is 11.7. The number of rotatable bonds is 4. The van der Waals surface area contributed by atoms with Crippen molar-refractivity contribution in [1.29, 1.82) is 0 Å². The van der Waals surface area contributed by atoms with Gasteiger partial charge in [0.05, 0.1) is 0 Å². The Morgan fingerprint density at radius 2 is 1.07 bits per heavy atom. The van der Waals surface area contributed by atoms with Crippen molar-refractivity contribution in [2.45, 2.75) is 27.7 Å². The van der Waals surface area contributed by atoms with Gasteiger partial charge in [-0.1, -0.05) is 138 Å². The van der Waals surface area contributed by atoms with E-state index in [1.165, 1.54) is 27.8 Å². The third kappa shape index (κ3) is 6.87. The van der Waals surface area contributed by atoms with Crippen LogP contribution >= 0.6 is 0 Å². The van der Waals surface area contributed by atoms with E-state index in [1.807, 2.05) is 54.9 Å². The van der Waals surface area contributed by atoms with E-state index in [0.717, 1.165) is 78.6 Å². The molecule has 2 aliphatic heterocycles. The maximum Gasteiger partial charge on any atom is 0.239 e. The SMILES string of the molecule is Cc1cnc(-c2[c-]cc(C)c(-c3ccccc3)c2)cc1C.Cc1cnc(-c2[c-]cc3c4c2Oc2ccccc2B4c2ccccc2O3)cc1-c1ccccc1.[Ir]. The summed E-state index contributed by atoms with van der Waals surface area (Å²) in [4.78, 5) is 9.33. The molecule has 4 nitrogen and oxygen atoms in total. The molecule has 2 aliphatic rings. The van der Waals surface area contributed by atoms with E-state index < -0.39 is 0 Å². The summed E-state index contributed by atoms with van der Waals surface area (Å²) in [5.41, 5.74) is 16.6. The Labute approximate surface area is 342 Å². The monoisotopic (exact) mass is 901 g/mol. The summed E-state index contributed by atoms with van der Waals surface area (Å²) in [6, 6.07) is 54.6. The van der Waals surface area contributed by atoms with Crippen molar-refractivity contribution in [1.82, 2.24) is 9.97 Å². The van der Waals surface area contributed by atoms with Crippen molar-refractivity contribution in [3.63, 3.8) is 0 Å². The summed E-state index contributed by atoms with van der Waals surface area (Å²) in [7, 11) is 0. The first-order valence-corrected chi connectivity index (χ1v) is 18.6. The summed E-state index contributed by atoms with van der Waals surface area (Å²) in [5.74, 6) is 3.29. The van der Waals surface area contributed by atoms with Crippen LogP contribution in [-0.2, 0) is 20.1 Å². The van der Waals surface area contributed by atoms with Gasteiger partial charge in [-0.2, -0.15) is 0 Å². The first-order valence-electron chi connectivity index (χ1n) is 18.6.